The highest BCUT2D eigenvalue weighted by atomic mass is 79.9. The highest BCUT2D eigenvalue weighted by molar-refractivity contribution is 9.10. The van der Waals surface area contributed by atoms with Crippen molar-refractivity contribution in [2.24, 2.45) is 0 Å². The summed E-state index contributed by atoms with van der Waals surface area (Å²) in [7, 11) is -3.75. The Morgan fingerprint density at radius 2 is 2.17 bits per heavy atom. The standard InChI is InChI=1S/C11H12BrFN2O2S/c1-2-3-4-5-15-18(16,17)11-6-8(12)9(13)7-10(11)14/h1,6-7,15H,3-5,14H2. The number of nitrogens with one attached hydrogen (secondary N) is 1. The van der Waals surface area contributed by atoms with Crippen LogP contribution in [0.2, 0.25) is 0 Å². The molecule has 1 aromatic carbocycles. The van der Waals surface area contributed by atoms with Crippen LogP contribution in [0.5, 0.6) is 0 Å². The minimum atomic E-state index is -3.75. The Bertz CT molecular complexity index is 581. The molecule has 98 valence electrons. The van der Waals surface area contributed by atoms with Crippen molar-refractivity contribution in [2.75, 3.05) is 12.3 Å². The molecule has 3 N–H and O–H groups in total. The van der Waals surface area contributed by atoms with E-state index < -0.39 is 15.8 Å². The fraction of sp³-hybridized carbons (Fsp3) is 0.273. The molecule has 0 unspecified atom stereocenters. The summed E-state index contributed by atoms with van der Waals surface area (Å²) in [6.45, 7) is 0.209. The van der Waals surface area contributed by atoms with Crippen LogP contribution in [0.15, 0.2) is 21.5 Å². The molecule has 18 heavy (non-hydrogen) atoms. The van der Waals surface area contributed by atoms with Crippen LogP contribution in [-0.2, 0) is 10.0 Å². The van der Waals surface area contributed by atoms with Gasteiger partial charge < -0.3 is 5.73 Å². The van der Waals surface area contributed by atoms with Crippen LogP contribution in [-0.4, -0.2) is 15.0 Å². The van der Waals surface area contributed by atoms with Gasteiger partial charge in [-0.25, -0.2) is 17.5 Å². The molecule has 0 radical (unpaired) electrons. The largest absolute Gasteiger partial charge is 0.398 e. The zero-order valence-corrected chi connectivity index (χ0v) is 11.8. The van der Waals surface area contributed by atoms with E-state index in [1.165, 1.54) is 0 Å². The molecule has 0 aromatic heterocycles. The molecule has 0 heterocycles. The average molecular weight is 335 g/mol. The minimum absolute atomic E-state index is 0.0423. The Balaban J connectivity index is 2.92. The summed E-state index contributed by atoms with van der Waals surface area (Å²) < 4.78 is 39.3. The molecule has 0 aliphatic rings. The lowest BCUT2D eigenvalue weighted by Gasteiger charge is -2.09. The molecule has 7 heteroatoms. The van der Waals surface area contributed by atoms with Gasteiger partial charge in [0.2, 0.25) is 10.0 Å². The zero-order chi connectivity index (χ0) is 13.8. The van der Waals surface area contributed by atoms with Crippen LogP contribution in [0, 0.1) is 18.2 Å². The number of terminal acetylenes is 1. The number of benzene rings is 1. The van der Waals surface area contributed by atoms with Gasteiger partial charge in [0, 0.05) is 13.0 Å². The molecule has 0 aliphatic heterocycles. The summed E-state index contributed by atoms with van der Waals surface area (Å²) in [5, 5.41) is 0. The number of nitrogen functional groups attached to an aromatic ring is 1. The van der Waals surface area contributed by atoms with Crippen LogP contribution in [0.3, 0.4) is 0 Å². The summed E-state index contributed by atoms with van der Waals surface area (Å²) in [5.74, 6) is 1.79. The van der Waals surface area contributed by atoms with Crippen molar-refractivity contribution in [3.63, 3.8) is 0 Å². The second-order valence-corrected chi connectivity index (χ2v) is 6.10. The zero-order valence-electron chi connectivity index (χ0n) is 9.41. The van der Waals surface area contributed by atoms with Crippen molar-refractivity contribution in [3.8, 4) is 12.3 Å². The van der Waals surface area contributed by atoms with Gasteiger partial charge in [-0.2, -0.15) is 0 Å². The van der Waals surface area contributed by atoms with E-state index >= 15 is 0 Å². The van der Waals surface area contributed by atoms with E-state index in [1.807, 2.05) is 0 Å². The Morgan fingerprint density at radius 1 is 1.50 bits per heavy atom. The molecule has 1 rings (SSSR count). The van der Waals surface area contributed by atoms with Gasteiger partial charge in [-0.15, -0.1) is 12.3 Å². The Morgan fingerprint density at radius 3 is 2.78 bits per heavy atom. The lowest BCUT2D eigenvalue weighted by Crippen LogP contribution is -2.25. The van der Waals surface area contributed by atoms with E-state index in [4.69, 9.17) is 12.2 Å². The maximum absolute atomic E-state index is 13.1. The summed E-state index contributed by atoms with van der Waals surface area (Å²) >= 11 is 2.92. The van der Waals surface area contributed by atoms with Crippen molar-refractivity contribution in [1.82, 2.24) is 4.72 Å². The maximum atomic E-state index is 13.1. The van der Waals surface area contributed by atoms with Crippen LogP contribution < -0.4 is 10.5 Å². The van der Waals surface area contributed by atoms with E-state index in [2.05, 4.69) is 26.6 Å². The number of hydrogen-bond donors (Lipinski definition) is 2. The number of hydrogen-bond acceptors (Lipinski definition) is 3. The first-order valence-corrected chi connectivity index (χ1v) is 7.33. The number of sulfonamides is 1. The third-order valence-electron chi connectivity index (χ3n) is 2.13. The molecule has 0 fully saturated rings. The fourth-order valence-electron chi connectivity index (χ4n) is 1.25. The molecule has 0 spiro atoms. The minimum Gasteiger partial charge on any atom is -0.398 e. The Kier molecular flexibility index (Phi) is 5.14. The first-order chi connectivity index (χ1) is 8.38. The SMILES string of the molecule is C#CCCCNS(=O)(=O)c1cc(Br)c(F)cc1N. The fourth-order valence-corrected chi connectivity index (χ4v) is 2.96. The molecular weight excluding hydrogens is 323 g/mol. The first-order valence-electron chi connectivity index (χ1n) is 5.06. The third kappa shape index (κ3) is 3.70. The van der Waals surface area contributed by atoms with Crippen LogP contribution in [0.4, 0.5) is 10.1 Å². The first kappa shape index (κ1) is 15.0. The second kappa shape index (κ2) is 6.18. The Labute approximate surface area is 114 Å². The summed E-state index contributed by atoms with van der Waals surface area (Å²) in [6.07, 6.45) is 6.06. The van der Waals surface area contributed by atoms with Crippen molar-refractivity contribution in [2.45, 2.75) is 17.7 Å². The van der Waals surface area contributed by atoms with E-state index in [0.717, 1.165) is 12.1 Å². The molecule has 0 bridgehead atoms. The maximum Gasteiger partial charge on any atom is 0.242 e. The van der Waals surface area contributed by atoms with Crippen molar-refractivity contribution in [3.05, 3.63) is 22.4 Å². The predicted octanol–water partition coefficient (Wildman–Crippen LogP) is 1.86. The monoisotopic (exact) mass is 334 g/mol. The lowest BCUT2D eigenvalue weighted by atomic mass is 10.3. The third-order valence-corrected chi connectivity index (χ3v) is 4.26. The number of nitrogens with two attached hydrogens (primary N) is 1. The highest BCUT2D eigenvalue weighted by Crippen LogP contribution is 2.25. The van der Waals surface area contributed by atoms with Gasteiger partial charge in [0.05, 0.1) is 10.2 Å². The van der Waals surface area contributed by atoms with Crippen LogP contribution in [0.25, 0.3) is 0 Å². The van der Waals surface area contributed by atoms with E-state index in [9.17, 15) is 12.8 Å². The summed E-state index contributed by atoms with van der Waals surface area (Å²) in [5.41, 5.74) is 5.36. The van der Waals surface area contributed by atoms with Gasteiger partial charge in [0.15, 0.2) is 0 Å². The smallest absolute Gasteiger partial charge is 0.242 e. The molecule has 0 atom stereocenters. The van der Waals surface area contributed by atoms with Gasteiger partial charge in [0.1, 0.15) is 10.7 Å². The van der Waals surface area contributed by atoms with E-state index in [-0.39, 0.29) is 21.6 Å². The van der Waals surface area contributed by atoms with Crippen molar-refractivity contribution in [1.29, 1.82) is 0 Å². The van der Waals surface area contributed by atoms with Crippen molar-refractivity contribution < 1.29 is 12.8 Å². The van der Waals surface area contributed by atoms with Crippen LogP contribution >= 0.6 is 15.9 Å². The molecule has 4 nitrogen and oxygen atoms in total. The Hall–Kier alpha value is -1.10. The van der Waals surface area contributed by atoms with Crippen LogP contribution in [0.1, 0.15) is 12.8 Å². The lowest BCUT2D eigenvalue weighted by molar-refractivity contribution is 0.579. The van der Waals surface area contributed by atoms with E-state index in [0.29, 0.717) is 12.8 Å². The van der Waals surface area contributed by atoms with E-state index in [1.54, 1.807) is 0 Å². The topological polar surface area (TPSA) is 72.2 Å². The predicted molar refractivity (Wildman–Crippen MR) is 71.8 cm³/mol. The van der Waals surface area contributed by atoms with Crippen molar-refractivity contribution >= 4 is 31.6 Å². The summed E-state index contributed by atoms with van der Waals surface area (Å²) in [6, 6.07) is 2.09. The number of unbranched alkanes of at least 4 members (excludes halogenated alkanes) is 1. The molecule has 0 amide bonds. The van der Waals surface area contributed by atoms with Gasteiger partial charge in [-0.05, 0) is 34.5 Å². The number of rotatable bonds is 5. The highest BCUT2D eigenvalue weighted by Gasteiger charge is 2.19. The molecule has 0 saturated heterocycles. The normalized spacial score (nSPS) is 11.2. The number of halogens is 2. The molecule has 1 aromatic rings. The summed E-state index contributed by atoms with van der Waals surface area (Å²) in [4.78, 5) is -0.156. The quantitative estimate of drug-likeness (QED) is 0.490. The van der Waals surface area contributed by atoms with Gasteiger partial charge in [-0.1, -0.05) is 0 Å². The van der Waals surface area contributed by atoms with Gasteiger partial charge >= 0.3 is 0 Å². The average Bonchev–Trinajstić information content (AvgIpc) is 2.29. The van der Waals surface area contributed by atoms with Gasteiger partial charge in [0.25, 0.3) is 0 Å². The molecule has 0 aliphatic carbocycles. The number of anilines is 1. The van der Waals surface area contributed by atoms with Gasteiger partial charge in [-0.3, -0.25) is 0 Å². The molecular formula is C11H12BrFN2O2S. The molecule has 0 saturated carbocycles. The second-order valence-electron chi connectivity index (χ2n) is 3.51.